The topological polar surface area (TPSA) is 27.2 Å². The SMILES string of the molecule is CCC(C)(CC)c1ccc(-c2ccccc2C)[n+](C)c1.Cc1cc(-c2ccccc2C)[n+](C)cc1CC(C)(C)C.Cc1ccc(-c2ccc(CC(C)(C)C)c[n+]2C)c(C)c1.Cc1ccccc1-c1ccc(C(C)(C)C)c[n+]1C.[2H]C([2H])([2H])c1cc(-c2ccccc2C)[n+](C)cc1C([2H])([2H])C(C)(C)C.[2H]C([2H])([2H])c1ccc(-c2ccc(C([2H])([2H])C(C)(C)C)c[n+]2C)c(C)c1.[2H]C([2H])(c1cc(-c2ccccc2C)[n+](C)cc1C([2H])([2H])C(C)(C)C)C(C)(C)C. The van der Waals surface area contributed by atoms with E-state index < -0.39 is 60.9 Å². The van der Waals surface area contributed by atoms with E-state index in [1.165, 1.54) is 114 Å². The molecule has 142 heavy (non-hydrogen) atoms. The maximum Gasteiger partial charge on any atom is 0.212 e. The van der Waals surface area contributed by atoms with Crippen LogP contribution in [-0.2, 0) is 98.5 Å². The Morgan fingerprint density at radius 2 is 0.528 bits per heavy atom. The average molecular weight is 1920 g/mol. The number of aromatic nitrogens is 7. The Labute approximate surface area is 884 Å². The minimum atomic E-state index is -2.39. The molecule has 7 heterocycles. The highest BCUT2D eigenvalue weighted by atomic mass is 15.0. The van der Waals surface area contributed by atoms with Crippen molar-refractivity contribution in [2.75, 3.05) is 0 Å². The molecule has 0 unspecified atom stereocenters. The molecule has 0 radical (unpaired) electrons. The van der Waals surface area contributed by atoms with E-state index in [0.717, 1.165) is 63.3 Å². The van der Waals surface area contributed by atoms with Gasteiger partial charge in [0.15, 0.2) is 43.4 Å². The molecule has 7 aromatic carbocycles. The van der Waals surface area contributed by atoms with Crippen molar-refractivity contribution in [3.05, 3.63) is 374 Å². The van der Waals surface area contributed by atoms with Crippen LogP contribution in [0.2, 0.25) is 0 Å². The molecular weight excluding hydrogens is 1720 g/mol. The van der Waals surface area contributed by atoms with Crippen LogP contribution in [0.15, 0.2) is 268 Å². The van der Waals surface area contributed by atoms with E-state index in [1.807, 2.05) is 197 Å². The number of rotatable bonds is 16. The number of nitrogens with zero attached hydrogens (tertiary/aromatic N) is 7. The van der Waals surface area contributed by atoms with Gasteiger partial charge in [0.25, 0.3) is 0 Å². The second-order valence-electron chi connectivity index (χ2n) is 47.4. The maximum absolute atomic E-state index is 8.92. The first kappa shape index (κ1) is 95.4. The fraction of sp³-hybridized carbons (Fsp3) is 0.430. The van der Waals surface area contributed by atoms with Crippen LogP contribution < -0.4 is 32.0 Å². The summed E-state index contributed by atoms with van der Waals surface area (Å²) in [6.07, 6.45) is 12.3. The van der Waals surface area contributed by atoms with Gasteiger partial charge in [-0.3, -0.25) is 0 Å². The van der Waals surface area contributed by atoms with Crippen molar-refractivity contribution in [2.24, 2.45) is 81.8 Å². The summed E-state index contributed by atoms with van der Waals surface area (Å²) in [5, 5.41) is 0. The van der Waals surface area contributed by atoms with Crippen molar-refractivity contribution in [1.82, 2.24) is 0 Å². The van der Waals surface area contributed by atoms with Gasteiger partial charge in [0, 0.05) is 140 Å². The fourth-order valence-electron chi connectivity index (χ4n) is 17.8. The lowest BCUT2D eigenvalue weighted by atomic mass is 9.78. The van der Waals surface area contributed by atoms with Gasteiger partial charge in [0.2, 0.25) is 39.9 Å². The van der Waals surface area contributed by atoms with Gasteiger partial charge in [-0.05, 0) is 293 Å². The molecule has 14 rings (SSSR count). The second-order valence-corrected chi connectivity index (χ2v) is 47.4. The van der Waals surface area contributed by atoms with Crippen molar-refractivity contribution in [3.63, 3.8) is 0 Å². The zero-order valence-corrected chi connectivity index (χ0v) is 94.9. The Morgan fingerprint density at radius 1 is 0.225 bits per heavy atom. The van der Waals surface area contributed by atoms with Gasteiger partial charge in [-0.15, -0.1) is 0 Å². The summed E-state index contributed by atoms with van der Waals surface area (Å²) in [5.41, 5.74) is 33.1. The number of hydrogen-bond acceptors (Lipinski definition) is 0. The third-order valence-corrected chi connectivity index (χ3v) is 25.6. The Hall–Kier alpha value is -11.4. The highest BCUT2D eigenvalue weighted by molar-refractivity contribution is 5.67. The number of aryl methyl sites for hydroxylation is 18. The van der Waals surface area contributed by atoms with Crippen LogP contribution in [0.3, 0.4) is 0 Å². The zero-order chi connectivity index (χ0) is 118. The molecule has 0 bridgehead atoms. The van der Waals surface area contributed by atoms with Crippen molar-refractivity contribution in [2.45, 2.75) is 304 Å². The third kappa shape index (κ3) is 34.7. The molecule has 0 aliphatic carbocycles. The molecule has 0 saturated heterocycles. The predicted molar refractivity (Wildman–Crippen MR) is 609 cm³/mol. The molecule has 0 atom stereocenters. The number of benzene rings is 7. The minimum Gasteiger partial charge on any atom is -0.201 e. The molecule has 0 fully saturated rings. The largest absolute Gasteiger partial charge is 0.212 e. The molecule has 754 valence electrons. The van der Waals surface area contributed by atoms with Crippen LogP contribution in [0.4, 0.5) is 0 Å². The van der Waals surface area contributed by atoms with Gasteiger partial charge in [0.05, 0.1) is 0 Å². The summed E-state index contributed by atoms with van der Waals surface area (Å²) in [6.45, 7) is 64.0. The van der Waals surface area contributed by atoms with E-state index in [2.05, 4.69) is 329 Å². The summed E-state index contributed by atoms with van der Waals surface area (Å²) in [7, 11) is 14.2. The Balaban J connectivity index is 0.000000222. The molecule has 14 aromatic rings. The predicted octanol–water partition coefficient (Wildman–Crippen LogP) is 31.5. The molecule has 0 aliphatic rings. The van der Waals surface area contributed by atoms with Crippen LogP contribution in [0.1, 0.15) is 304 Å². The first-order valence-electron chi connectivity index (χ1n) is 58.0. The molecule has 7 heteroatoms. The van der Waals surface area contributed by atoms with Gasteiger partial charge in [-0.25, -0.2) is 32.0 Å². The van der Waals surface area contributed by atoms with E-state index in [0.29, 0.717) is 33.1 Å². The van der Waals surface area contributed by atoms with E-state index >= 15 is 0 Å². The van der Waals surface area contributed by atoms with Crippen LogP contribution >= 0.6 is 0 Å². The molecule has 7 aromatic heterocycles. The highest BCUT2D eigenvalue weighted by Gasteiger charge is 2.30. The quantitative estimate of drug-likeness (QED) is 0.0863. The molecule has 0 N–H and O–H groups in total. The van der Waals surface area contributed by atoms with Crippen LogP contribution in [-0.4, -0.2) is 0 Å². The normalized spacial score (nSPS) is 13.9. The van der Waals surface area contributed by atoms with Crippen molar-refractivity contribution < 1.29 is 51.2 Å². The smallest absolute Gasteiger partial charge is 0.201 e. The van der Waals surface area contributed by atoms with Gasteiger partial charge in [-0.1, -0.05) is 293 Å². The molecule has 0 amide bonds. The van der Waals surface area contributed by atoms with E-state index in [9.17, 15) is 0 Å². The van der Waals surface area contributed by atoms with E-state index in [-0.39, 0.29) is 22.0 Å². The van der Waals surface area contributed by atoms with Crippen LogP contribution in [0.25, 0.3) is 78.8 Å². The monoisotopic (exact) mass is 1920 g/mol. The van der Waals surface area contributed by atoms with Crippen molar-refractivity contribution >= 4 is 0 Å². The lowest BCUT2D eigenvalue weighted by Crippen LogP contribution is -2.34. The first-order valence-corrected chi connectivity index (χ1v) is 51.0. The molecule has 0 saturated carbocycles. The third-order valence-electron chi connectivity index (χ3n) is 25.6. The molecule has 0 aliphatic heterocycles. The Morgan fingerprint density at radius 3 is 0.887 bits per heavy atom. The zero-order valence-electron chi connectivity index (χ0n) is 109. The van der Waals surface area contributed by atoms with E-state index in [4.69, 9.17) is 19.2 Å². The summed E-state index contributed by atoms with van der Waals surface area (Å²) in [4.78, 5) is 0. The van der Waals surface area contributed by atoms with Crippen LogP contribution in [0.5, 0.6) is 0 Å². The number of hydrogen-bond donors (Lipinski definition) is 0. The van der Waals surface area contributed by atoms with E-state index in [1.54, 1.807) is 51.4 Å². The minimum absolute atomic E-state index is 0.0729. The fourth-order valence-corrected chi connectivity index (χ4v) is 17.8. The molecule has 0 spiro atoms. The summed E-state index contributed by atoms with van der Waals surface area (Å²) >= 11 is 0. The van der Waals surface area contributed by atoms with Crippen molar-refractivity contribution in [3.8, 4) is 78.8 Å². The molecule has 7 nitrogen and oxygen atoms in total. The van der Waals surface area contributed by atoms with Crippen LogP contribution in [0, 0.1) is 109 Å². The Kier molecular flexibility index (Phi) is 33.1. The first-order chi connectivity index (χ1) is 71.5. The van der Waals surface area contributed by atoms with Crippen molar-refractivity contribution in [1.29, 1.82) is 0 Å². The average Bonchev–Trinajstić information content (AvgIpc) is 0.731. The summed E-state index contributed by atoms with van der Waals surface area (Å²) in [5.74, 6) is 0. The van der Waals surface area contributed by atoms with Gasteiger partial charge >= 0.3 is 0 Å². The maximum atomic E-state index is 8.92. The van der Waals surface area contributed by atoms with Gasteiger partial charge < -0.3 is 0 Å². The lowest BCUT2D eigenvalue weighted by Gasteiger charge is -2.26. The standard InChI is InChI=1S/C23H34N.5C19H26N.C17H22N/c1-17-11-9-10-12-20(17)21-13-18(14-22(2,3)4)19(16-24(21)8)15-23(5,6)7;2*1-14-7-9-17(15(2)11-14)18-10-8-16(13-20(18)6)12-19(3,4)5;2*1-14-9-7-8-10-17(14)18-11-15(2)16(13-20(18)6)12-19(3,4)5;1-6-19(4,7-2)16-12-13-18(20(5)14-16)17-11-9-8-10-15(17)3;1-13-8-6-7-9-15(13)16-11-10-14(12-18(16)5)17(2,3)4/h9-13,16H,14-15H2,1-8H3;4*7-11,13H,12H2,1-6H3;8-14H,6-7H2,1-5H3;6-12H,1-5H3/q7*+1/i14D2,15D2;1D3,12D2;;2D3,12D2;;;. The summed E-state index contributed by atoms with van der Waals surface area (Å²) < 4.78 is 131. The lowest BCUT2D eigenvalue weighted by molar-refractivity contribution is -0.661. The molecular formula is C135H186N7+7. The number of pyridine rings is 7. The van der Waals surface area contributed by atoms with Gasteiger partial charge in [0.1, 0.15) is 49.3 Å². The second kappa shape index (κ2) is 49.2. The summed E-state index contributed by atoms with van der Waals surface area (Å²) in [6, 6.07) is 76.4. The Bertz CT molecular complexity index is 7250. The highest BCUT2D eigenvalue weighted by Crippen LogP contribution is 2.37. The van der Waals surface area contributed by atoms with Gasteiger partial charge in [-0.2, -0.15) is 0 Å².